The molecule has 1 amide bonds. The van der Waals surface area contributed by atoms with E-state index >= 15 is 0 Å². The zero-order chi connectivity index (χ0) is 17.1. The van der Waals surface area contributed by atoms with Crippen LogP contribution in [0, 0.1) is 0 Å². The molecule has 0 aliphatic carbocycles. The molecule has 24 heavy (non-hydrogen) atoms. The lowest BCUT2D eigenvalue weighted by Gasteiger charge is -2.40. The van der Waals surface area contributed by atoms with Crippen molar-refractivity contribution in [2.45, 2.75) is 44.8 Å². The van der Waals surface area contributed by atoms with Crippen LogP contribution in [0.4, 0.5) is 16.2 Å². The van der Waals surface area contributed by atoms with Crippen LogP contribution >= 0.6 is 15.9 Å². The molecule has 3 aliphatic heterocycles. The van der Waals surface area contributed by atoms with Gasteiger partial charge in [-0.25, -0.2) is 4.79 Å². The molecule has 3 aliphatic rings. The summed E-state index contributed by atoms with van der Waals surface area (Å²) >= 11 is 3.64. The van der Waals surface area contributed by atoms with Gasteiger partial charge >= 0.3 is 6.09 Å². The molecule has 1 fully saturated rings. The van der Waals surface area contributed by atoms with E-state index in [0.717, 1.165) is 37.1 Å². The molecule has 0 saturated carbocycles. The van der Waals surface area contributed by atoms with Gasteiger partial charge in [0.25, 0.3) is 0 Å². The number of likely N-dealkylation sites (tertiary alicyclic amines) is 1. The number of carbonyl (C=O) groups excluding carboxylic acids is 1. The van der Waals surface area contributed by atoms with Crippen molar-refractivity contribution in [1.29, 1.82) is 0 Å². The van der Waals surface area contributed by atoms with Gasteiger partial charge in [-0.05, 0) is 44.9 Å². The average Bonchev–Trinajstić information content (AvgIpc) is 2.81. The third kappa shape index (κ3) is 2.65. The van der Waals surface area contributed by atoms with Crippen molar-refractivity contribution in [3.05, 3.63) is 22.2 Å². The highest BCUT2D eigenvalue weighted by atomic mass is 79.9. The van der Waals surface area contributed by atoms with Gasteiger partial charge in [-0.15, -0.1) is 0 Å². The maximum absolute atomic E-state index is 12.5. The normalized spacial score (nSPS) is 25.0. The van der Waals surface area contributed by atoms with Crippen molar-refractivity contribution in [3.8, 4) is 0 Å². The highest BCUT2D eigenvalue weighted by Gasteiger charge is 2.45. The third-order valence-corrected chi connectivity index (χ3v) is 5.55. The van der Waals surface area contributed by atoms with Gasteiger partial charge in [-0.1, -0.05) is 15.9 Å². The summed E-state index contributed by atoms with van der Waals surface area (Å²) in [6, 6.07) is 4.88. The lowest BCUT2D eigenvalue weighted by Crippen LogP contribution is -2.50. The summed E-state index contributed by atoms with van der Waals surface area (Å²) in [5.74, 6) is 0.359. The van der Waals surface area contributed by atoms with Crippen molar-refractivity contribution < 1.29 is 9.53 Å². The number of carbonyl (C=O) groups is 1. The topological polar surface area (TPSA) is 44.8 Å². The number of hydrogen-bond acceptors (Lipinski definition) is 4. The Bertz CT molecular complexity index is 686. The van der Waals surface area contributed by atoms with Crippen LogP contribution in [0.25, 0.3) is 0 Å². The molecule has 5 nitrogen and oxygen atoms in total. The van der Waals surface area contributed by atoms with Gasteiger partial charge in [0.05, 0.1) is 11.4 Å². The first-order valence-electron chi connectivity index (χ1n) is 8.65. The van der Waals surface area contributed by atoms with Crippen LogP contribution in [-0.4, -0.2) is 48.8 Å². The molecule has 1 saturated heterocycles. The fourth-order valence-electron chi connectivity index (χ4n) is 4.22. The minimum Gasteiger partial charge on any atom is -0.444 e. The number of hydrogen-bond donors (Lipinski definition) is 1. The molecule has 3 heterocycles. The van der Waals surface area contributed by atoms with E-state index in [2.05, 4.69) is 38.3 Å². The number of rotatable bonds is 0. The summed E-state index contributed by atoms with van der Waals surface area (Å²) in [7, 11) is 0. The molecule has 0 bridgehead atoms. The Kier molecular flexibility index (Phi) is 3.71. The van der Waals surface area contributed by atoms with Crippen LogP contribution in [0.3, 0.4) is 0 Å². The van der Waals surface area contributed by atoms with Gasteiger partial charge in [-0.2, -0.15) is 0 Å². The molecule has 0 spiro atoms. The Morgan fingerprint density at radius 1 is 1.33 bits per heavy atom. The molecule has 1 N–H and O–H groups in total. The van der Waals surface area contributed by atoms with E-state index in [1.165, 1.54) is 16.9 Å². The Hall–Kier alpha value is -1.43. The van der Waals surface area contributed by atoms with Gasteiger partial charge in [0, 0.05) is 42.6 Å². The molecule has 0 radical (unpaired) electrons. The monoisotopic (exact) mass is 393 g/mol. The maximum atomic E-state index is 12.5. The summed E-state index contributed by atoms with van der Waals surface area (Å²) in [5, 5.41) is 3.51. The van der Waals surface area contributed by atoms with E-state index in [4.69, 9.17) is 4.74 Å². The highest BCUT2D eigenvalue weighted by Crippen LogP contribution is 2.50. The molecule has 0 aromatic heterocycles. The van der Waals surface area contributed by atoms with E-state index in [-0.39, 0.29) is 6.09 Å². The van der Waals surface area contributed by atoms with Crippen molar-refractivity contribution in [2.75, 3.05) is 36.4 Å². The molecule has 4 rings (SSSR count). The number of amides is 1. The minimum atomic E-state index is -0.448. The zero-order valence-electron chi connectivity index (χ0n) is 14.4. The highest BCUT2D eigenvalue weighted by molar-refractivity contribution is 9.10. The van der Waals surface area contributed by atoms with Crippen molar-refractivity contribution >= 4 is 33.4 Å². The molecule has 1 aromatic carbocycles. The Morgan fingerprint density at radius 3 is 2.88 bits per heavy atom. The molecular weight excluding hydrogens is 370 g/mol. The molecule has 130 valence electrons. The molecule has 1 aromatic rings. The minimum absolute atomic E-state index is 0.191. The van der Waals surface area contributed by atoms with Gasteiger partial charge in [0.2, 0.25) is 0 Å². The lowest BCUT2D eigenvalue weighted by molar-refractivity contribution is 0.0189. The number of piperidine rings is 1. The summed E-state index contributed by atoms with van der Waals surface area (Å²) < 4.78 is 6.68. The van der Waals surface area contributed by atoms with Gasteiger partial charge in [0.1, 0.15) is 5.60 Å². The predicted molar refractivity (Wildman–Crippen MR) is 98.9 cm³/mol. The van der Waals surface area contributed by atoms with E-state index < -0.39 is 5.60 Å². The number of nitrogens with zero attached hydrogens (tertiary/aromatic N) is 2. The predicted octanol–water partition coefficient (Wildman–Crippen LogP) is 3.79. The number of benzene rings is 1. The third-order valence-electron chi connectivity index (χ3n) is 5.09. The van der Waals surface area contributed by atoms with Crippen molar-refractivity contribution in [2.24, 2.45) is 0 Å². The van der Waals surface area contributed by atoms with Gasteiger partial charge < -0.3 is 19.9 Å². The number of anilines is 2. The largest absolute Gasteiger partial charge is 0.444 e. The first-order chi connectivity index (χ1) is 11.3. The maximum Gasteiger partial charge on any atom is 0.410 e. The second-order valence-corrected chi connectivity index (χ2v) is 8.82. The van der Waals surface area contributed by atoms with E-state index in [1.807, 2.05) is 25.7 Å². The van der Waals surface area contributed by atoms with Crippen LogP contribution in [-0.2, 0) is 4.74 Å². The van der Waals surface area contributed by atoms with Crippen molar-refractivity contribution in [3.63, 3.8) is 0 Å². The summed E-state index contributed by atoms with van der Waals surface area (Å²) in [6.45, 7) is 9.27. The quantitative estimate of drug-likeness (QED) is 0.728. The standard InChI is InChI=1S/C18H24BrN3O2/c1-18(2,3)24-17(23)21-6-4-15-13(10-21)12-8-11(19)9-14-16(12)22(15)7-5-20-14/h8-9,13,15,20H,4-7,10H2,1-3H3/t13-,15-/m0/s1. The van der Waals surface area contributed by atoms with Gasteiger partial charge in [0.15, 0.2) is 0 Å². The Morgan fingerprint density at radius 2 is 2.12 bits per heavy atom. The van der Waals surface area contributed by atoms with Crippen LogP contribution in [0.2, 0.25) is 0 Å². The van der Waals surface area contributed by atoms with E-state index in [1.54, 1.807) is 0 Å². The van der Waals surface area contributed by atoms with E-state index in [9.17, 15) is 4.79 Å². The second-order valence-electron chi connectivity index (χ2n) is 7.90. The van der Waals surface area contributed by atoms with Crippen LogP contribution < -0.4 is 10.2 Å². The summed E-state index contributed by atoms with van der Waals surface area (Å²) in [4.78, 5) is 16.9. The Balaban J connectivity index is 1.62. The molecular formula is C18H24BrN3O2. The fourth-order valence-corrected chi connectivity index (χ4v) is 4.70. The number of halogens is 1. The molecule has 2 atom stereocenters. The van der Waals surface area contributed by atoms with E-state index in [0.29, 0.717) is 12.0 Å². The van der Waals surface area contributed by atoms with Crippen LogP contribution in [0.1, 0.15) is 38.7 Å². The van der Waals surface area contributed by atoms with Crippen LogP contribution in [0.15, 0.2) is 16.6 Å². The average molecular weight is 394 g/mol. The number of ether oxygens (including phenoxy) is 1. The number of nitrogens with one attached hydrogen (secondary N) is 1. The van der Waals surface area contributed by atoms with Gasteiger partial charge in [-0.3, -0.25) is 0 Å². The number of fused-ring (bicyclic) bond motifs is 3. The van der Waals surface area contributed by atoms with Crippen LogP contribution in [0.5, 0.6) is 0 Å². The fraction of sp³-hybridized carbons (Fsp3) is 0.611. The summed E-state index contributed by atoms with van der Waals surface area (Å²) in [5.41, 5.74) is 3.45. The lowest BCUT2D eigenvalue weighted by atomic mass is 9.89. The SMILES string of the molecule is CC(C)(C)OC(=O)N1CC[C@H]2[C@@H](C1)c1cc(Br)cc3c1N2CCN3. The zero-order valence-corrected chi connectivity index (χ0v) is 16.0. The van der Waals surface area contributed by atoms with Crippen molar-refractivity contribution in [1.82, 2.24) is 4.90 Å². The summed E-state index contributed by atoms with van der Waals surface area (Å²) in [6.07, 6.45) is 0.805. The first kappa shape index (κ1) is 16.1. The smallest absolute Gasteiger partial charge is 0.410 e. The second kappa shape index (κ2) is 5.55. The Labute approximate surface area is 151 Å². The first-order valence-corrected chi connectivity index (χ1v) is 9.45. The molecule has 0 unspecified atom stereocenters. The molecule has 6 heteroatoms.